The van der Waals surface area contributed by atoms with Crippen LogP contribution in [0.25, 0.3) is 5.95 Å². The number of hydrogen-bond donors (Lipinski definition) is 2. The number of nitrogens with zero attached hydrogens (tertiary/aromatic N) is 5. The van der Waals surface area contributed by atoms with E-state index in [1.165, 1.54) is 0 Å². The van der Waals surface area contributed by atoms with E-state index in [9.17, 15) is 4.79 Å². The number of amides is 1. The SMILES string of the molecule is CNC(=O)CN(CCCNCc1ccc2c(c1)OCO2)c1cc(C)nc(-n2ccnc2)n1. The fourth-order valence-electron chi connectivity index (χ4n) is 3.40. The lowest BCUT2D eigenvalue weighted by molar-refractivity contribution is -0.119. The molecule has 4 rings (SSSR count). The Morgan fingerprint density at radius 3 is 2.91 bits per heavy atom. The van der Waals surface area contributed by atoms with Crippen LogP contribution in [-0.2, 0) is 11.3 Å². The minimum Gasteiger partial charge on any atom is -0.454 e. The highest BCUT2D eigenvalue weighted by Gasteiger charge is 2.15. The number of aryl methyl sites for hydroxylation is 1. The summed E-state index contributed by atoms with van der Waals surface area (Å²) in [6.07, 6.45) is 5.97. The van der Waals surface area contributed by atoms with Crippen LogP contribution in [0.4, 0.5) is 5.82 Å². The van der Waals surface area contributed by atoms with E-state index in [1.54, 1.807) is 30.3 Å². The highest BCUT2D eigenvalue weighted by molar-refractivity contribution is 5.80. The molecule has 1 aliphatic heterocycles. The topological polar surface area (TPSA) is 106 Å². The van der Waals surface area contributed by atoms with Gasteiger partial charge in [-0.3, -0.25) is 9.36 Å². The van der Waals surface area contributed by atoms with Crippen LogP contribution in [-0.4, -0.2) is 58.9 Å². The van der Waals surface area contributed by atoms with E-state index in [2.05, 4.69) is 25.6 Å². The second-order valence-electron chi connectivity index (χ2n) is 7.45. The Bertz CT molecular complexity index is 1060. The fourth-order valence-corrected chi connectivity index (χ4v) is 3.40. The van der Waals surface area contributed by atoms with Crippen LogP contribution in [0.3, 0.4) is 0 Å². The van der Waals surface area contributed by atoms with E-state index in [4.69, 9.17) is 9.47 Å². The second kappa shape index (κ2) is 10.1. The molecule has 0 aliphatic carbocycles. The molecule has 1 aromatic carbocycles. The number of benzene rings is 1. The lowest BCUT2D eigenvalue weighted by Gasteiger charge is -2.23. The summed E-state index contributed by atoms with van der Waals surface area (Å²) in [5, 5.41) is 6.13. The number of nitrogens with one attached hydrogen (secondary N) is 2. The average Bonchev–Trinajstić information content (AvgIpc) is 3.49. The van der Waals surface area contributed by atoms with E-state index in [0.29, 0.717) is 18.3 Å². The van der Waals surface area contributed by atoms with Crippen molar-refractivity contribution in [3.63, 3.8) is 0 Å². The van der Waals surface area contributed by atoms with Gasteiger partial charge in [0.25, 0.3) is 0 Å². The first-order valence-electron chi connectivity index (χ1n) is 10.5. The minimum absolute atomic E-state index is 0.0706. The number of rotatable bonds is 10. The van der Waals surface area contributed by atoms with Gasteiger partial charge in [0.2, 0.25) is 18.6 Å². The van der Waals surface area contributed by atoms with Crippen molar-refractivity contribution in [3.05, 3.63) is 54.2 Å². The van der Waals surface area contributed by atoms with Crippen molar-refractivity contribution in [2.75, 3.05) is 38.4 Å². The van der Waals surface area contributed by atoms with Gasteiger partial charge in [-0.1, -0.05) is 6.07 Å². The first-order chi connectivity index (χ1) is 15.6. The van der Waals surface area contributed by atoms with Crippen LogP contribution in [0.5, 0.6) is 11.5 Å². The zero-order chi connectivity index (χ0) is 22.3. The molecule has 0 radical (unpaired) electrons. The van der Waals surface area contributed by atoms with Gasteiger partial charge in [0.15, 0.2) is 11.5 Å². The molecule has 10 nitrogen and oxygen atoms in total. The first-order valence-corrected chi connectivity index (χ1v) is 10.5. The molecule has 0 atom stereocenters. The smallest absolute Gasteiger partial charge is 0.239 e. The van der Waals surface area contributed by atoms with Gasteiger partial charge in [-0.05, 0) is 37.6 Å². The van der Waals surface area contributed by atoms with Crippen molar-refractivity contribution < 1.29 is 14.3 Å². The molecule has 1 amide bonds. The van der Waals surface area contributed by atoms with Gasteiger partial charge in [0.05, 0.1) is 6.54 Å². The molecule has 3 aromatic rings. The maximum Gasteiger partial charge on any atom is 0.239 e. The molecule has 32 heavy (non-hydrogen) atoms. The first kappa shape index (κ1) is 21.6. The minimum atomic E-state index is -0.0706. The molecular weight excluding hydrogens is 410 g/mol. The molecule has 0 bridgehead atoms. The van der Waals surface area contributed by atoms with Gasteiger partial charge in [0.1, 0.15) is 12.1 Å². The van der Waals surface area contributed by atoms with Crippen LogP contribution in [0.15, 0.2) is 43.0 Å². The quantitative estimate of drug-likeness (QED) is 0.459. The molecule has 10 heteroatoms. The molecule has 0 saturated heterocycles. The van der Waals surface area contributed by atoms with Gasteiger partial charge in [0, 0.05) is 44.3 Å². The predicted octanol–water partition coefficient (Wildman–Crippen LogP) is 1.43. The normalized spacial score (nSPS) is 12.1. The van der Waals surface area contributed by atoms with Crippen LogP contribution in [0.2, 0.25) is 0 Å². The number of ether oxygens (including phenoxy) is 2. The summed E-state index contributed by atoms with van der Waals surface area (Å²) in [6, 6.07) is 7.84. The van der Waals surface area contributed by atoms with Crippen LogP contribution in [0.1, 0.15) is 17.7 Å². The third-order valence-corrected chi connectivity index (χ3v) is 5.05. The summed E-state index contributed by atoms with van der Waals surface area (Å²) < 4.78 is 12.5. The van der Waals surface area contributed by atoms with E-state index >= 15 is 0 Å². The summed E-state index contributed by atoms with van der Waals surface area (Å²) in [5.74, 6) is 2.74. The Hall–Kier alpha value is -3.66. The maximum absolute atomic E-state index is 12.1. The molecule has 0 unspecified atom stereocenters. The lowest BCUT2D eigenvalue weighted by Crippen LogP contribution is -2.37. The molecule has 0 saturated carbocycles. The van der Waals surface area contributed by atoms with Gasteiger partial charge in [-0.25, -0.2) is 9.97 Å². The summed E-state index contributed by atoms with van der Waals surface area (Å²) >= 11 is 0. The molecular formula is C22H27N7O3. The van der Waals surface area contributed by atoms with Gasteiger partial charge in [-0.2, -0.15) is 4.98 Å². The third-order valence-electron chi connectivity index (χ3n) is 5.05. The summed E-state index contributed by atoms with van der Waals surface area (Å²) in [7, 11) is 1.63. The molecule has 3 heterocycles. The number of imidazole rings is 1. The highest BCUT2D eigenvalue weighted by Crippen LogP contribution is 2.32. The number of carbonyl (C=O) groups is 1. The fraction of sp³-hybridized carbons (Fsp3) is 0.364. The number of hydrogen-bond acceptors (Lipinski definition) is 8. The van der Waals surface area contributed by atoms with Gasteiger partial charge < -0.3 is 25.0 Å². The molecule has 0 spiro atoms. The average molecular weight is 438 g/mol. The third kappa shape index (κ3) is 5.33. The standard InChI is InChI=1S/C22H27N7O3/c1-16-10-20(27-22(26-16)29-9-7-25-14-29)28(13-21(30)23-2)8-3-6-24-12-17-4-5-18-19(11-17)32-15-31-18/h4-5,7,9-11,14,24H,3,6,8,12-13,15H2,1-2H3,(H,23,30). The van der Waals surface area contributed by atoms with Crippen molar-refractivity contribution in [1.29, 1.82) is 0 Å². The van der Waals surface area contributed by atoms with Crippen molar-refractivity contribution in [1.82, 2.24) is 30.2 Å². The van der Waals surface area contributed by atoms with E-state index in [-0.39, 0.29) is 19.2 Å². The Kier molecular flexibility index (Phi) is 6.81. The van der Waals surface area contributed by atoms with Gasteiger partial charge >= 0.3 is 0 Å². The summed E-state index contributed by atoms with van der Waals surface area (Å²) in [6.45, 7) is 4.59. The second-order valence-corrected chi connectivity index (χ2v) is 7.45. The number of carbonyl (C=O) groups excluding carboxylic acids is 1. The maximum atomic E-state index is 12.1. The van der Waals surface area contributed by atoms with Gasteiger partial charge in [-0.15, -0.1) is 0 Å². The summed E-state index contributed by atoms with van der Waals surface area (Å²) in [5.41, 5.74) is 1.95. The highest BCUT2D eigenvalue weighted by atomic mass is 16.7. The predicted molar refractivity (Wildman–Crippen MR) is 119 cm³/mol. The van der Waals surface area contributed by atoms with Crippen LogP contribution >= 0.6 is 0 Å². The number of anilines is 1. The van der Waals surface area contributed by atoms with Crippen molar-refractivity contribution >= 4 is 11.7 Å². The molecule has 2 aromatic heterocycles. The van der Waals surface area contributed by atoms with Crippen molar-refractivity contribution in [2.24, 2.45) is 0 Å². The monoisotopic (exact) mass is 437 g/mol. The summed E-state index contributed by atoms with van der Waals surface area (Å²) in [4.78, 5) is 27.3. The van der Waals surface area contributed by atoms with E-state index in [0.717, 1.165) is 42.3 Å². The number of fused-ring (bicyclic) bond motifs is 1. The molecule has 2 N–H and O–H groups in total. The van der Waals surface area contributed by atoms with E-state index in [1.807, 2.05) is 36.1 Å². The van der Waals surface area contributed by atoms with Crippen molar-refractivity contribution in [2.45, 2.75) is 19.9 Å². The van der Waals surface area contributed by atoms with Crippen LogP contribution < -0.4 is 25.0 Å². The Balaban J connectivity index is 1.36. The molecule has 1 aliphatic rings. The largest absolute Gasteiger partial charge is 0.454 e. The van der Waals surface area contributed by atoms with Crippen molar-refractivity contribution in [3.8, 4) is 17.4 Å². The molecule has 168 valence electrons. The number of aromatic nitrogens is 4. The zero-order valence-electron chi connectivity index (χ0n) is 18.2. The zero-order valence-corrected chi connectivity index (χ0v) is 18.2. The van der Waals surface area contributed by atoms with E-state index < -0.39 is 0 Å². The Labute approximate surface area is 186 Å². The Morgan fingerprint density at radius 1 is 1.22 bits per heavy atom. The molecule has 0 fully saturated rings. The van der Waals surface area contributed by atoms with Crippen LogP contribution in [0, 0.1) is 6.92 Å². The number of likely N-dealkylation sites (N-methyl/N-ethyl adjacent to an activating group) is 1. The lowest BCUT2D eigenvalue weighted by atomic mass is 10.2. The Morgan fingerprint density at radius 2 is 2.09 bits per heavy atom.